The van der Waals surface area contributed by atoms with E-state index in [-0.39, 0.29) is 12.5 Å². The van der Waals surface area contributed by atoms with E-state index >= 15 is 0 Å². The maximum Gasteiger partial charge on any atom is 0.280 e. The van der Waals surface area contributed by atoms with Gasteiger partial charge in [0.15, 0.2) is 6.54 Å². The fourth-order valence-corrected chi connectivity index (χ4v) is 3.23. The second kappa shape index (κ2) is 7.79. The van der Waals surface area contributed by atoms with Crippen molar-refractivity contribution < 1.29 is 14.5 Å². The summed E-state index contributed by atoms with van der Waals surface area (Å²) in [7, 11) is 1.89. The number of nitrogens with two attached hydrogens (primary N) is 1. The third-order valence-electron chi connectivity index (χ3n) is 3.14. The van der Waals surface area contributed by atoms with Gasteiger partial charge in [-0.2, -0.15) is 0 Å². The van der Waals surface area contributed by atoms with Crippen molar-refractivity contribution >= 4 is 51.4 Å². The lowest BCUT2D eigenvalue weighted by Gasteiger charge is -2.14. The minimum atomic E-state index is -0.557. The first-order valence-electron chi connectivity index (χ1n) is 6.79. The van der Waals surface area contributed by atoms with E-state index < -0.39 is 5.91 Å². The van der Waals surface area contributed by atoms with Gasteiger partial charge in [-0.15, -0.1) is 11.3 Å². The molecule has 0 fully saturated rings. The quantitative estimate of drug-likeness (QED) is 0.722. The molecule has 0 saturated carbocycles. The second-order valence-corrected chi connectivity index (χ2v) is 6.87. The van der Waals surface area contributed by atoms with E-state index in [4.69, 9.17) is 28.9 Å². The first-order chi connectivity index (χ1) is 10.9. The molecule has 0 aliphatic heterocycles. The van der Waals surface area contributed by atoms with Crippen molar-refractivity contribution in [2.24, 2.45) is 5.73 Å². The van der Waals surface area contributed by atoms with Crippen LogP contribution in [0.5, 0.6) is 0 Å². The van der Waals surface area contributed by atoms with Crippen molar-refractivity contribution in [1.29, 1.82) is 0 Å². The molecule has 1 aromatic heterocycles. The summed E-state index contributed by atoms with van der Waals surface area (Å²) in [6.45, 7) is 0.869. The van der Waals surface area contributed by atoms with Crippen LogP contribution in [0.3, 0.4) is 0 Å². The average Bonchev–Trinajstić information content (AvgIpc) is 2.90. The Bertz CT molecular complexity index is 733. The molecule has 0 radical (unpaired) electrons. The van der Waals surface area contributed by atoms with Crippen LogP contribution in [-0.4, -0.2) is 25.4 Å². The average molecular weight is 373 g/mol. The van der Waals surface area contributed by atoms with Gasteiger partial charge in [-0.1, -0.05) is 29.3 Å². The molecule has 5 nitrogen and oxygen atoms in total. The van der Waals surface area contributed by atoms with E-state index in [0.29, 0.717) is 27.2 Å². The standard InChI is InChI=1S/C15H15Cl2N3O2S/c1-20(7-9-2-3-11(16)12(17)6-9)8-13(21)19-15-10(14(18)22)4-5-23-15/h2-6H,7-8H2,1H3,(H2,18,22)(H,19,21)/p+1. The van der Waals surface area contributed by atoms with Crippen LogP contribution >= 0.6 is 34.5 Å². The first-order valence-corrected chi connectivity index (χ1v) is 8.42. The highest BCUT2D eigenvalue weighted by atomic mass is 35.5. The Morgan fingerprint density at radius 2 is 2.00 bits per heavy atom. The zero-order valence-electron chi connectivity index (χ0n) is 12.4. The third kappa shape index (κ3) is 4.94. The number of quaternary nitrogens is 1. The maximum atomic E-state index is 12.1. The fraction of sp³-hybridized carbons (Fsp3) is 0.200. The predicted molar refractivity (Wildman–Crippen MR) is 93.4 cm³/mol. The molecule has 0 spiro atoms. The number of hydrogen-bond donors (Lipinski definition) is 3. The van der Waals surface area contributed by atoms with E-state index in [9.17, 15) is 9.59 Å². The molecule has 0 bridgehead atoms. The minimum absolute atomic E-state index is 0.187. The van der Waals surface area contributed by atoms with Crippen molar-refractivity contribution in [2.75, 3.05) is 18.9 Å². The number of rotatable bonds is 6. The Balaban J connectivity index is 1.93. The normalized spacial score (nSPS) is 12.0. The van der Waals surface area contributed by atoms with Crippen LogP contribution in [0.1, 0.15) is 15.9 Å². The number of thiophene rings is 1. The summed E-state index contributed by atoms with van der Waals surface area (Å²) in [5.74, 6) is -0.745. The van der Waals surface area contributed by atoms with Crippen LogP contribution in [0.15, 0.2) is 29.6 Å². The van der Waals surface area contributed by atoms with Gasteiger partial charge in [-0.25, -0.2) is 0 Å². The number of carbonyl (C=O) groups is 2. The van der Waals surface area contributed by atoms with Gasteiger partial charge in [0.05, 0.1) is 22.7 Å². The third-order valence-corrected chi connectivity index (χ3v) is 4.70. The molecule has 1 aromatic carbocycles. The molecule has 2 aromatic rings. The lowest BCUT2D eigenvalue weighted by molar-refractivity contribution is -0.885. The van der Waals surface area contributed by atoms with Gasteiger partial charge < -0.3 is 16.0 Å². The maximum absolute atomic E-state index is 12.1. The van der Waals surface area contributed by atoms with Gasteiger partial charge in [0.2, 0.25) is 0 Å². The number of halogens is 2. The molecule has 1 atom stereocenters. The highest BCUT2D eigenvalue weighted by Crippen LogP contribution is 2.23. The molecule has 1 unspecified atom stereocenters. The molecule has 0 saturated heterocycles. The van der Waals surface area contributed by atoms with Crippen molar-refractivity contribution in [2.45, 2.75) is 6.54 Å². The summed E-state index contributed by atoms with van der Waals surface area (Å²) in [5, 5.41) is 5.90. The lowest BCUT2D eigenvalue weighted by atomic mass is 10.2. The summed E-state index contributed by atoms with van der Waals surface area (Å²) < 4.78 is 0. The SMILES string of the molecule is C[NH+](CC(=O)Nc1sccc1C(N)=O)Cc1ccc(Cl)c(Cl)c1. The van der Waals surface area contributed by atoms with Crippen LogP contribution in [-0.2, 0) is 11.3 Å². The van der Waals surface area contributed by atoms with Gasteiger partial charge in [0.1, 0.15) is 11.5 Å². The number of anilines is 1. The second-order valence-electron chi connectivity index (χ2n) is 5.13. The van der Waals surface area contributed by atoms with Crippen LogP contribution in [0, 0.1) is 0 Å². The number of carbonyl (C=O) groups excluding carboxylic acids is 2. The smallest absolute Gasteiger partial charge is 0.280 e. The van der Waals surface area contributed by atoms with Crippen LogP contribution < -0.4 is 16.0 Å². The Morgan fingerprint density at radius 3 is 2.65 bits per heavy atom. The number of hydrogen-bond acceptors (Lipinski definition) is 3. The number of benzene rings is 1. The van der Waals surface area contributed by atoms with E-state index in [2.05, 4.69) is 5.32 Å². The first kappa shape index (κ1) is 17.7. The van der Waals surface area contributed by atoms with Crippen molar-refractivity contribution in [3.63, 3.8) is 0 Å². The fourth-order valence-electron chi connectivity index (χ4n) is 2.11. The number of amides is 2. The molecule has 122 valence electrons. The number of likely N-dealkylation sites (N-methyl/N-ethyl adjacent to an activating group) is 1. The molecular formula is C15H16Cl2N3O2S+. The molecule has 8 heteroatoms. The minimum Gasteiger partial charge on any atom is -0.366 e. The van der Waals surface area contributed by atoms with Gasteiger partial charge in [-0.05, 0) is 23.6 Å². The largest absolute Gasteiger partial charge is 0.366 e. The summed E-state index contributed by atoms with van der Waals surface area (Å²) in [4.78, 5) is 24.3. The van der Waals surface area contributed by atoms with Gasteiger partial charge in [-0.3, -0.25) is 9.59 Å². The van der Waals surface area contributed by atoms with Crippen molar-refractivity contribution in [3.05, 3.63) is 50.8 Å². The Hall–Kier alpha value is -1.60. The topological polar surface area (TPSA) is 76.6 Å². The Morgan fingerprint density at radius 1 is 1.26 bits per heavy atom. The molecule has 0 aliphatic carbocycles. The van der Waals surface area contributed by atoms with E-state index in [1.54, 1.807) is 23.6 Å². The van der Waals surface area contributed by atoms with E-state index in [1.165, 1.54) is 11.3 Å². The van der Waals surface area contributed by atoms with E-state index in [1.807, 2.05) is 13.1 Å². The van der Waals surface area contributed by atoms with Crippen molar-refractivity contribution in [3.8, 4) is 0 Å². The van der Waals surface area contributed by atoms with Crippen molar-refractivity contribution in [1.82, 2.24) is 0 Å². The lowest BCUT2D eigenvalue weighted by Crippen LogP contribution is -3.08. The summed E-state index contributed by atoms with van der Waals surface area (Å²) >= 11 is 13.1. The molecule has 23 heavy (non-hydrogen) atoms. The highest BCUT2D eigenvalue weighted by Gasteiger charge is 2.16. The monoisotopic (exact) mass is 372 g/mol. The van der Waals surface area contributed by atoms with Crippen LogP contribution in [0.4, 0.5) is 5.00 Å². The number of primary amides is 1. The summed E-state index contributed by atoms with van der Waals surface area (Å²) in [6.07, 6.45) is 0. The molecular weight excluding hydrogens is 357 g/mol. The van der Waals surface area contributed by atoms with Gasteiger partial charge in [0.25, 0.3) is 11.8 Å². The predicted octanol–water partition coefficient (Wildman–Crippen LogP) is 1.81. The molecule has 0 aliphatic rings. The van der Waals surface area contributed by atoms with Gasteiger partial charge in [0, 0.05) is 5.56 Å². The Kier molecular flexibility index (Phi) is 6.01. The van der Waals surface area contributed by atoms with Gasteiger partial charge >= 0.3 is 0 Å². The number of nitrogens with one attached hydrogen (secondary N) is 2. The summed E-state index contributed by atoms with van der Waals surface area (Å²) in [6, 6.07) is 6.99. The highest BCUT2D eigenvalue weighted by molar-refractivity contribution is 7.14. The van der Waals surface area contributed by atoms with Crippen LogP contribution in [0.2, 0.25) is 10.0 Å². The zero-order valence-corrected chi connectivity index (χ0v) is 14.7. The molecule has 2 amide bonds. The molecule has 4 N–H and O–H groups in total. The molecule has 2 rings (SSSR count). The Labute approximate surface area is 148 Å². The zero-order chi connectivity index (χ0) is 17.0. The summed E-state index contributed by atoms with van der Waals surface area (Å²) in [5.41, 5.74) is 6.56. The van der Waals surface area contributed by atoms with E-state index in [0.717, 1.165) is 10.5 Å². The molecule has 1 heterocycles. The van der Waals surface area contributed by atoms with Crippen LogP contribution in [0.25, 0.3) is 0 Å².